The predicted octanol–water partition coefficient (Wildman–Crippen LogP) is 3.31. The lowest BCUT2D eigenvalue weighted by molar-refractivity contribution is -0.141. The van der Waals surface area contributed by atoms with Gasteiger partial charge >= 0.3 is 6.18 Å². The van der Waals surface area contributed by atoms with Crippen molar-refractivity contribution >= 4 is 17.2 Å². The molecule has 0 saturated heterocycles. The third-order valence-corrected chi connectivity index (χ3v) is 2.31. The average molecular weight is 235 g/mol. The van der Waals surface area contributed by atoms with Crippen LogP contribution in [0.2, 0.25) is 5.02 Å². The first-order chi connectivity index (χ1) is 6.89. The number of imidazole rings is 1. The lowest BCUT2D eigenvalue weighted by Crippen LogP contribution is -2.07. The molecule has 2 aromatic heterocycles. The molecule has 2 aromatic rings. The molecule has 80 valence electrons. The number of pyridine rings is 1. The van der Waals surface area contributed by atoms with E-state index in [0.29, 0.717) is 5.02 Å². The number of hydrogen-bond acceptors (Lipinski definition) is 1. The van der Waals surface area contributed by atoms with Crippen molar-refractivity contribution in [2.75, 3.05) is 0 Å². The molecule has 15 heavy (non-hydrogen) atoms. The third kappa shape index (κ3) is 1.67. The topological polar surface area (TPSA) is 17.3 Å². The molecule has 0 aliphatic carbocycles. The predicted molar refractivity (Wildman–Crippen MR) is 49.9 cm³/mol. The van der Waals surface area contributed by atoms with Crippen molar-refractivity contribution in [2.24, 2.45) is 0 Å². The number of hydrogen-bond donors (Lipinski definition) is 0. The number of fused-ring (bicyclic) bond motifs is 1. The van der Waals surface area contributed by atoms with Crippen LogP contribution >= 0.6 is 11.6 Å². The number of nitrogens with zero attached hydrogens (tertiary/aromatic N) is 2. The molecule has 0 atom stereocenters. The Hall–Kier alpha value is -1.23. The zero-order chi connectivity index (χ0) is 11.2. The van der Waals surface area contributed by atoms with Crippen molar-refractivity contribution in [3.63, 3.8) is 0 Å². The summed E-state index contributed by atoms with van der Waals surface area (Å²) in [6.07, 6.45) is -3.02. The maximum absolute atomic E-state index is 12.5. The van der Waals surface area contributed by atoms with Gasteiger partial charge in [-0.1, -0.05) is 11.6 Å². The van der Waals surface area contributed by atoms with E-state index in [1.165, 1.54) is 29.7 Å². The molecule has 0 radical (unpaired) electrons. The summed E-state index contributed by atoms with van der Waals surface area (Å²) in [6, 6.07) is 2.95. The standard InChI is InChI=1S/C9H6ClF3N2/c1-5-8(9(11,12)13)14-7-3-2-6(10)4-15(5)7/h2-4H,1H3. The van der Waals surface area contributed by atoms with E-state index in [1.807, 2.05) is 0 Å². The number of aromatic nitrogens is 2. The van der Waals surface area contributed by atoms with Crippen LogP contribution in [-0.2, 0) is 6.18 Å². The summed E-state index contributed by atoms with van der Waals surface area (Å²) < 4.78 is 38.8. The van der Waals surface area contributed by atoms with Crippen LogP contribution in [0, 0.1) is 6.92 Å². The van der Waals surface area contributed by atoms with Crippen LogP contribution in [0.3, 0.4) is 0 Å². The van der Waals surface area contributed by atoms with Crippen molar-refractivity contribution in [3.05, 3.63) is 34.7 Å². The first-order valence-electron chi connectivity index (χ1n) is 4.11. The smallest absolute Gasteiger partial charge is 0.302 e. The molecule has 0 aliphatic rings. The molecule has 0 amide bonds. The van der Waals surface area contributed by atoms with E-state index < -0.39 is 11.9 Å². The Bertz CT molecular complexity index is 516. The summed E-state index contributed by atoms with van der Waals surface area (Å²) in [5, 5.41) is 0.372. The monoisotopic (exact) mass is 234 g/mol. The molecule has 2 rings (SSSR count). The molecule has 0 unspecified atom stereocenters. The molecule has 0 fully saturated rings. The van der Waals surface area contributed by atoms with Gasteiger partial charge < -0.3 is 4.40 Å². The van der Waals surface area contributed by atoms with Crippen molar-refractivity contribution in [2.45, 2.75) is 13.1 Å². The van der Waals surface area contributed by atoms with Gasteiger partial charge in [-0.05, 0) is 19.1 Å². The van der Waals surface area contributed by atoms with Gasteiger partial charge in [-0.3, -0.25) is 0 Å². The van der Waals surface area contributed by atoms with E-state index in [9.17, 15) is 13.2 Å². The minimum Gasteiger partial charge on any atom is -0.302 e. The summed E-state index contributed by atoms with van der Waals surface area (Å²) in [6.45, 7) is 1.36. The summed E-state index contributed by atoms with van der Waals surface area (Å²) >= 11 is 5.68. The Morgan fingerprint density at radius 2 is 2.00 bits per heavy atom. The van der Waals surface area contributed by atoms with E-state index in [4.69, 9.17) is 11.6 Å². The second-order valence-electron chi connectivity index (χ2n) is 3.12. The van der Waals surface area contributed by atoms with Crippen molar-refractivity contribution in [1.29, 1.82) is 0 Å². The van der Waals surface area contributed by atoms with Gasteiger partial charge in [0.2, 0.25) is 0 Å². The SMILES string of the molecule is Cc1c(C(F)(F)F)nc2ccc(Cl)cn12. The van der Waals surface area contributed by atoms with Crippen LogP contribution in [0.5, 0.6) is 0 Å². The lowest BCUT2D eigenvalue weighted by Gasteiger charge is -2.02. The van der Waals surface area contributed by atoms with Crippen molar-refractivity contribution in [1.82, 2.24) is 9.38 Å². The fourth-order valence-electron chi connectivity index (χ4n) is 1.40. The summed E-state index contributed by atoms with van der Waals surface area (Å²) in [5.74, 6) is 0. The zero-order valence-corrected chi connectivity index (χ0v) is 8.39. The third-order valence-electron chi connectivity index (χ3n) is 2.09. The van der Waals surface area contributed by atoms with E-state index in [2.05, 4.69) is 4.98 Å². The molecule has 0 aliphatic heterocycles. The van der Waals surface area contributed by atoms with Crippen molar-refractivity contribution in [3.8, 4) is 0 Å². The molecule has 0 bridgehead atoms. The molecule has 6 heteroatoms. The summed E-state index contributed by atoms with van der Waals surface area (Å²) in [4.78, 5) is 3.50. The van der Waals surface area contributed by atoms with Gasteiger partial charge in [-0.15, -0.1) is 0 Å². The van der Waals surface area contributed by atoms with Crippen LogP contribution in [0.4, 0.5) is 13.2 Å². The highest BCUT2D eigenvalue weighted by Gasteiger charge is 2.36. The maximum atomic E-state index is 12.5. The maximum Gasteiger partial charge on any atom is 0.435 e. The van der Waals surface area contributed by atoms with Gasteiger partial charge in [0, 0.05) is 6.20 Å². The van der Waals surface area contributed by atoms with Gasteiger partial charge in [-0.2, -0.15) is 13.2 Å². The highest BCUT2D eigenvalue weighted by Crippen LogP contribution is 2.31. The summed E-state index contributed by atoms with van der Waals surface area (Å²) in [5.41, 5.74) is -0.589. The number of alkyl halides is 3. The first-order valence-corrected chi connectivity index (χ1v) is 4.49. The van der Waals surface area contributed by atoms with E-state index in [-0.39, 0.29) is 11.3 Å². The Kier molecular flexibility index (Phi) is 2.15. The molecular weight excluding hydrogens is 229 g/mol. The lowest BCUT2D eigenvalue weighted by atomic mass is 10.3. The van der Waals surface area contributed by atoms with Gasteiger partial charge in [0.25, 0.3) is 0 Å². The second kappa shape index (κ2) is 3.13. The van der Waals surface area contributed by atoms with Crippen LogP contribution in [-0.4, -0.2) is 9.38 Å². The number of rotatable bonds is 0. The van der Waals surface area contributed by atoms with Crippen LogP contribution in [0.1, 0.15) is 11.4 Å². The molecular formula is C9H6ClF3N2. The Morgan fingerprint density at radius 1 is 1.33 bits per heavy atom. The first kappa shape index (κ1) is 10.3. The van der Waals surface area contributed by atoms with Gasteiger partial charge in [0.1, 0.15) is 5.65 Å². The fraction of sp³-hybridized carbons (Fsp3) is 0.222. The highest BCUT2D eigenvalue weighted by atomic mass is 35.5. The average Bonchev–Trinajstić information content (AvgIpc) is 2.43. The van der Waals surface area contributed by atoms with E-state index in [1.54, 1.807) is 0 Å². The minimum atomic E-state index is -4.43. The zero-order valence-electron chi connectivity index (χ0n) is 7.64. The normalized spacial score (nSPS) is 12.3. The molecule has 2 heterocycles. The van der Waals surface area contributed by atoms with E-state index >= 15 is 0 Å². The quantitative estimate of drug-likeness (QED) is 0.684. The van der Waals surface area contributed by atoms with Crippen LogP contribution < -0.4 is 0 Å². The molecule has 2 nitrogen and oxygen atoms in total. The van der Waals surface area contributed by atoms with Gasteiger partial charge in [0.15, 0.2) is 5.69 Å². The molecule has 0 aromatic carbocycles. The Labute approximate surface area is 88.3 Å². The van der Waals surface area contributed by atoms with Gasteiger partial charge in [-0.25, -0.2) is 4.98 Å². The molecule has 0 saturated carbocycles. The largest absolute Gasteiger partial charge is 0.435 e. The van der Waals surface area contributed by atoms with Crippen LogP contribution in [0.15, 0.2) is 18.3 Å². The Balaban J connectivity index is 2.76. The molecule has 0 N–H and O–H groups in total. The summed E-state index contributed by atoms with van der Waals surface area (Å²) in [7, 11) is 0. The highest BCUT2D eigenvalue weighted by molar-refractivity contribution is 6.30. The number of aryl methyl sites for hydroxylation is 1. The molecule has 0 spiro atoms. The second-order valence-corrected chi connectivity index (χ2v) is 3.56. The fourth-order valence-corrected chi connectivity index (χ4v) is 1.57. The van der Waals surface area contributed by atoms with Gasteiger partial charge in [0.05, 0.1) is 10.7 Å². The number of halogens is 4. The Morgan fingerprint density at radius 3 is 2.60 bits per heavy atom. The van der Waals surface area contributed by atoms with E-state index in [0.717, 1.165) is 0 Å². The van der Waals surface area contributed by atoms with Crippen molar-refractivity contribution < 1.29 is 13.2 Å². The van der Waals surface area contributed by atoms with Crippen LogP contribution in [0.25, 0.3) is 5.65 Å². The minimum absolute atomic E-state index is 0.0417.